The van der Waals surface area contributed by atoms with E-state index in [2.05, 4.69) is 9.97 Å². The maximum Gasteiger partial charge on any atom is 0.213 e. The topological polar surface area (TPSA) is 49.0 Å². The van der Waals surface area contributed by atoms with Crippen LogP contribution >= 0.6 is 0 Å². The summed E-state index contributed by atoms with van der Waals surface area (Å²) in [5.74, 6) is 0. The van der Waals surface area contributed by atoms with Gasteiger partial charge >= 0.3 is 0 Å². The van der Waals surface area contributed by atoms with Crippen LogP contribution in [-0.2, 0) is 11.3 Å². The Morgan fingerprint density at radius 3 is 3.18 bits per heavy atom. The summed E-state index contributed by atoms with van der Waals surface area (Å²) >= 11 is 0. The molecule has 1 aromatic heterocycles. The number of aromatic nitrogens is 2. The molecule has 0 aliphatic carbocycles. The summed E-state index contributed by atoms with van der Waals surface area (Å²) in [5, 5.41) is 0. The molecule has 0 aliphatic rings. The zero-order valence-corrected chi connectivity index (χ0v) is 6.37. The zero-order valence-electron chi connectivity index (χ0n) is 6.37. The number of nitrogens with zero attached hydrogens (tertiary/aromatic N) is 2. The SMILES string of the molecule is CN(C[C]=O)Cc1c[nH]cn1. The predicted molar refractivity (Wildman–Crippen MR) is 40.6 cm³/mol. The first-order valence-electron chi connectivity index (χ1n) is 3.34. The van der Waals surface area contributed by atoms with Crippen LogP contribution in [0.2, 0.25) is 0 Å². The van der Waals surface area contributed by atoms with Gasteiger partial charge in [0.05, 0.1) is 18.6 Å². The molecule has 0 aromatic carbocycles. The van der Waals surface area contributed by atoms with Crippen molar-refractivity contribution in [3.05, 3.63) is 18.2 Å². The minimum atomic E-state index is 0.326. The molecule has 1 radical (unpaired) electrons. The van der Waals surface area contributed by atoms with Crippen LogP contribution < -0.4 is 0 Å². The number of H-pyrrole nitrogens is 1. The number of hydrogen-bond acceptors (Lipinski definition) is 3. The Hall–Kier alpha value is -1.16. The molecule has 0 saturated heterocycles. The van der Waals surface area contributed by atoms with E-state index in [0.29, 0.717) is 13.1 Å². The molecule has 0 bridgehead atoms. The van der Waals surface area contributed by atoms with Crippen LogP contribution in [0.5, 0.6) is 0 Å². The molecule has 0 saturated carbocycles. The Morgan fingerprint density at radius 2 is 2.64 bits per heavy atom. The third kappa shape index (κ3) is 2.51. The largest absolute Gasteiger partial charge is 0.351 e. The second-order valence-electron chi connectivity index (χ2n) is 2.38. The van der Waals surface area contributed by atoms with Crippen LogP contribution in [0.4, 0.5) is 0 Å². The van der Waals surface area contributed by atoms with Crippen molar-refractivity contribution >= 4 is 6.29 Å². The van der Waals surface area contributed by atoms with Crippen molar-refractivity contribution in [1.82, 2.24) is 14.9 Å². The molecular weight excluding hydrogens is 142 g/mol. The van der Waals surface area contributed by atoms with E-state index >= 15 is 0 Å². The van der Waals surface area contributed by atoms with Gasteiger partial charge in [-0.25, -0.2) is 4.98 Å². The first kappa shape index (κ1) is 7.94. The van der Waals surface area contributed by atoms with Gasteiger partial charge in [0.1, 0.15) is 0 Å². The summed E-state index contributed by atoms with van der Waals surface area (Å²) in [6, 6.07) is 0. The summed E-state index contributed by atoms with van der Waals surface area (Å²) in [4.78, 5) is 18.6. The van der Waals surface area contributed by atoms with Gasteiger partial charge in [-0.05, 0) is 7.05 Å². The molecule has 0 atom stereocenters. The Balaban J connectivity index is 2.37. The van der Waals surface area contributed by atoms with Crippen LogP contribution in [0, 0.1) is 0 Å². The third-order valence-electron chi connectivity index (χ3n) is 1.32. The summed E-state index contributed by atoms with van der Waals surface area (Å²) < 4.78 is 0. The quantitative estimate of drug-likeness (QED) is 0.658. The van der Waals surface area contributed by atoms with Crippen LogP contribution in [0.3, 0.4) is 0 Å². The molecule has 0 unspecified atom stereocenters. The van der Waals surface area contributed by atoms with Crippen molar-refractivity contribution < 1.29 is 4.79 Å². The molecule has 11 heavy (non-hydrogen) atoms. The summed E-state index contributed by atoms with van der Waals surface area (Å²) in [7, 11) is 1.85. The fraction of sp³-hybridized carbons (Fsp3) is 0.429. The first-order valence-corrected chi connectivity index (χ1v) is 3.34. The van der Waals surface area contributed by atoms with Gasteiger partial charge in [0.25, 0.3) is 0 Å². The lowest BCUT2D eigenvalue weighted by Crippen LogP contribution is -2.19. The zero-order chi connectivity index (χ0) is 8.10. The molecule has 1 aromatic rings. The molecule has 59 valence electrons. The minimum Gasteiger partial charge on any atom is -0.351 e. The molecular formula is C7H10N3O. The number of carbonyl (C=O) groups excluding carboxylic acids is 1. The average molecular weight is 152 g/mol. The minimum absolute atomic E-state index is 0.326. The molecule has 0 amide bonds. The van der Waals surface area contributed by atoms with Crippen molar-refractivity contribution in [1.29, 1.82) is 0 Å². The first-order chi connectivity index (χ1) is 5.33. The van der Waals surface area contributed by atoms with Gasteiger partial charge in [-0.2, -0.15) is 0 Å². The van der Waals surface area contributed by atoms with Gasteiger partial charge in [-0.1, -0.05) is 0 Å². The molecule has 4 nitrogen and oxygen atoms in total. The normalized spacial score (nSPS) is 10.4. The summed E-state index contributed by atoms with van der Waals surface area (Å²) in [5.41, 5.74) is 0.933. The van der Waals surface area contributed by atoms with Crippen molar-refractivity contribution in [3.63, 3.8) is 0 Å². The lowest BCUT2D eigenvalue weighted by molar-refractivity contribution is 0.361. The van der Waals surface area contributed by atoms with Crippen LogP contribution in [0.15, 0.2) is 12.5 Å². The maximum absolute atomic E-state index is 9.95. The highest BCUT2D eigenvalue weighted by Gasteiger charge is 1.99. The van der Waals surface area contributed by atoms with Gasteiger partial charge < -0.3 is 4.98 Å². The highest BCUT2D eigenvalue weighted by Crippen LogP contribution is 1.94. The third-order valence-corrected chi connectivity index (χ3v) is 1.32. The van der Waals surface area contributed by atoms with E-state index in [1.807, 2.05) is 18.2 Å². The van der Waals surface area contributed by atoms with Crippen molar-refractivity contribution in [2.45, 2.75) is 6.54 Å². The molecule has 1 N–H and O–H groups in total. The average Bonchev–Trinajstić information content (AvgIpc) is 2.40. The van der Waals surface area contributed by atoms with E-state index in [0.717, 1.165) is 5.69 Å². The Kier molecular flexibility index (Phi) is 2.80. The number of imidazole rings is 1. The lowest BCUT2D eigenvalue weighted by atomic mass is 10.4. The Bertz CT molecular complexity index is 207. The molecule has 0 aliphatic heterocycles. The van der Waals surface area contributed by atoms with Gasteiger partial charge in [-0.15, -0.1) is 0 Å². The lowest BCUT2D eigenvalue weighted by Gasteiger charge is -2.09. The molecule has 4 heteroatoms. The second kappa shape index (κ2) is 3.88. The van der Waals surface area contributed by atoms with Gasteiger partial charge in [0, 0.05) is 12.7 Å². The highest BCUT2D eigenvalue weighted by molar-refractivity contribution is 5.52. The highest BCUT2D eigenvalue weighted by atomic mass is 16.1. The van der Waals surface area contributed by atoms with Crippen LogP contribution in [0.1, 0.15) is 5.69 Å². The predicted octanol–water partition coefficient (Wildman–Crippen LogP) is -0.0488. The molecule has 0 fully saturated rings. The standard InChI is InChI=1S/C7H10N3O/c1-10(2-3-11)5-7-4-8-6-9-7/h4,6H,2,5H2,1H3,(H,8,9). The van der Waals surface area contributed by atoms with Crippen molar-refractivity contribution in [3.8, 4) is 0 Å². The van der Waals surface area contributed by atoms with Crippen molar-refractivity contribution in [2.75, 3.05) is 13.6 Å². The second-order valence-corrected chi connectivity index (χ2v) is 2.38. The van der Waals surface area contributed by atoms with Gasteiger partial charge in [0.2, 0.25) is 6.29 Å². The molecule has 1 rings (SSSR count). The van der Waals surface area contributed by atoms with E-state index < -0.39 is 0 Å². The number of aromatic amines is 1. The monoisotopic (exact) mass is 152 g/mol. The summed E-state index contributed by atoms with van der Waals surface area (Å²) in [6.07, 6.45) is 5.24. The molecule has 0 spiro atoms. The number of hydrogen-bond donors (Lipinski definition) is 1. The van der Waals surface area contributed by atoms with Crippen LogP contribution in [0.25, 0.3) is 0 Å². The Labute approximate surface area is 65.2 Å². The van der Waals surface area contributed by atoms with Crippen molar-refractivity contribution in [2.24, 2.45) is 0 Å². The van der Waals surface area contributed by atoms with E-state index in [-0.39, 0.29) is 0 Å². The van der Waals surface area contributed by atoms with E-state index in [1.54, 1.807) is 12.5 Å². The van der Waals surface area contributed by atoms with Gasteiger partial charge in [0.15, 0.2) is 0 Å². The summed E-state index contributed by atoms with van der Waals surface area (Å²) in [6.45, 7) is 1.01. The van der Waals surface area contributed by atoms with E-state index in [1.165, 1.54) is 0 Å². The van der Waals surface area contributed by atoms with Crippen LogP contribution in [-0.4, -0.2) is 34.7 Å². The van der Waals surface area contributed by atoms with E-state index in [4.69, 9.17) is 0 Å². The molecule has 1 heterocycles. The Morgan fingerprint density at radius 1 is 1.82 bits per heavy atom. The van der Waals surface area contributed by atoms with Gasteiger partial charge in [-0.3, -0.25) is 9.69 Å². The number of nitrogens with one attached hydrogen (secondary N) is 1. The smallest absolute Gasteiger partial charge is 0.213 e. The fourth-order valence-corrected chi connectivity index (χ4v) is 0.820. The number of likely N-dealkylation sites (N-methyl/N-ethyl adjacent to an activating group) is 1. The maximum atomic E-state index is 9.95. The van der Waals surface area contributed by atoms with E-state index in [9.17, 15) is 4.79 Å². The fourth-order valence-electron chi connectivity index (χ4n) is 0.820. The number of rotatable bonds is 4.